The minimum atomic E-state index is -0.301. The summed E-state index contributed by atoms with van der Waals surface area (Å²) in [6, 6.07) is 12.2. The fraction of sp³-hybridized carbons (Fsp3) is 0.250. The summed E-state index contributed by atoms with van der Waals surface area (Å²) in [5.41, 5.74) is 4.44. The molecule has 1 saturated carbocycles. The van der Waals surface area contributed by atoms with E-state index in [-0.39, 0.29) is 11.9 Å². The van der Waals surface area contributed by atoms with Gasteiger partial charge in [-0.3, -0.25) is 5.84 Å². The van der Waals surface area contributed by atoms with Crippen LogP contribution in [0.15, 0.2) is 46.9 Å². The maximum atomic E-state index is 13.6. The fourth-order valence-electron chi connectivity index (χ4n) is 2.27. The topological polar surface area (TPSA) is 47.3 Å². The third kappa shape index (κ3) is 3.61. The van der Waals surface area contributed by atoms with Crippen LogP contribution in [-0.2, 0) is 0 Å². The van der Waals surface area contributed by atoms with Crippen LogP contribution in [0.1, 0.15) is 30.0 Å². The molecule has 0 aliphatic heterocycles. The van der Waals surface area contributed by atoms with Gasteiger partial charge in [0, 0.05) is 4.47 Å². The Morgan fingerprint density at radius 2 is 2.00 bits per heavy atom. The Morgan fingerprint density at radius 3 is 2.67 bits per heavy atom. The van der Waals surface area contributed by atoms with Crippen LogP contribution in [0.5, 0.6) is 5.75 Å². The highest BCUT2D eigenvalue weighted by Gasteiger charge is 2.24. The maximum Gasteiger partial charge on any atom is 0.124 e. The Balaban J connectivity index is 1.91. The van der Waals surface area contributed by atoms with E-state index in [1.807, 2.05) is 30.3 Å². The van der Waals surface area contributed by atoms with Crippen molar-refractivity contribution < 1.29 is 9.13 Å². The molecule has 3 N–H and O–H groups in total. The van der Waals surface area contributed by atoms with E-state index in [9.17, 15) is 4.39 Å². The lowest BCUT2D eigenvalue weighted by Crippen LogP contribution is -2.29. The van der Waals surface area contributed by atoms with Gasteiger partial charge < -0.3 is 4.74 Å². The van der Waals surface area contributed by atoms with Crippen molar-refractivity contribution in [2.45, 2.75) is 25.0 Å². The molecular formula is C16H16BrFN2O. The molecule has 110 valence electrons. The summed E-state index contributed by atoms with van der Waals surface area (Å²) in [5.74, 6) is 6.20. The highest BCUT2D eigenvalue weighted by molar-refractivity contribution is 9.10. The molecule has 0 radical (unpaired) electrons. The first-order valence-corrected chi connectivity index (χ1v) is 7.64. The lowest BCUT2D eigenvalue weighted by atomic mass is 9.99. The first-order chi connectivity index (χ1) is 10.2. The maximum absolute atomic E-state index is 13.6. The normalized spacial score (nSPS) is 15.8. The van der Waals surface area contributed by atoms with Gasteiger partial charge in [-0.25, -0.2) is 9.82 Å². The van der Waals surface area contributed by atoms with Crippen molar-refractivity contribution >= 4 is 15.9 Å². The third-order valence-electron chi connectivity index (χ3n) is 3.40. The summed E-state index contributed by atoms with van der Waals surface area (Å²) in [6.07, 6.45) is 2.56. The molecule has 2 aromatic carbocycles. The lowest BCUT2D eigenvalue weighted by molar-refractivity contribution is 0.302. The van der Waals surface area contributed by atoms with Gasteiger partial charge in [0.15, 0.2) is 0 Å². The molecule has 1 fully saturated rings. The van der Waals surface area contributed by atoms with Gasteiger partial charge in [-0.2, -0.15) is 0 Å². The molecule has 0 spiro atoms. The van der Waals surface area contributed by atoms with Crippen LogP contribution >= 0.6 is 15.9 Å². The molecule has 1 atom stereocenters. The highest BCUT2D eigenvalue weighted by atomic mass is 79.9. The van der Waals surface area contributed by atoms with Crippen LogP contribution in [0.3, 0.4) is 0 Å². The molecular weight excluding hydrogens is 335 g/mol. The van der Waals surface area contributed by atoms with Gasteiger partial charge in [0.25, 0.3) is 0 Å². The Bertz CT molecular complexity index is 626. The quantitative estimate of drug-likeness (QED) is 0.638. The fourth-order valence-corrected chi connectivity index (χ4v) is 2.76. The Hall–Kier alpha value is -1.43. The summed E-state index contributed by atoms with van der Waals surface area (Å²) in [6.45, 7) is 0. The van der Waals surface area contributed by atoms with Gasteiger partial charge in [0.1, 0.15) is 11.6 Å². The number of rotatable bonds is 5. The van der Waals surface area contributed by atoms with Crippen LogP contribution in [0, 0.1) is 5.82 Å². The summed E-state index contributed by atoms with van der Waals surface area (Å²) < 4.78 is 20.1. The van der Waals surface area contributed by atoms with Crippen LogP contribution in [-0.4, -0.2) is 6.10 Å². The monoisotopic (exact) mass is 350 g/mol. The SMILES string of the molecule is NNC(c1cc(F)cc(Br)c1)c1cccc(OC2CC2)c1. The smallest absolute Gasteiger partial charge is 0.124 e. The zero-order chi connectivity index (χ0) is 14.8. The predicted octanol–water partition coefficient (Wildman–Crippen LogP) is 3.68. The van der Waals surface area contributed by atoms with E-state index < -0.39 is 0 Å². The predicted molar refractivity (Wildman–Crippen MR) is 83.4 cm³/mol. The van der Waals surface area contributed by atoms with Crippen LogP contribution < -0.4 is 16.0 Å². The number of halogens is 2. The number of nitrogens with one attached hydrogen (secondary N) is 1. The molecule has 1 aliphatic carbocycles. The molecule has 3 rings (SSSR count). The minimum absolute atomic E-state index is 0.292. The molecule has 21 heavy (non-hydrogen) atoms. The van der Waals surface area contributed by atoms with Crippen molar-refractivity contribution in [3.8, 4) is 5.75 Å². The van der Waals surface area contributed by atoms with Crippen molar-refractivity contribution in [2.24, 2.45) is 5.84 Å². The molecule has 2 aromatic rings. The minimum Gasteiger partial charge on any atom is -0.490 e. The van der Waals surface area contributed by atoms with Crippen molar-refractivity contribution in [2.75, 3.05) is 0 Å². The van der Waals surface area contributed by atoms with Gasteiger partial charge in [0.05, 0.1) is 12.1 Å². The molecule has 0 aromatic heterocycles. The third-order valence-corrected chi connectivity index (χ3v) is 3.86. The Labute approximate surface area is 131 Å². The first kappa shape index (κ1) is 14.5. The summed E-state index contributed by atoms with van der Waals surface area (Å²) in [5, 5.41) is 0. The van der Waals surface area contributed by atoms with Gasteiger partial charge in [0.2, 0.25) is 0 Å². The molecule has 0 heterocycles. The van der Waals surface area contributed by atoms with Gasteiger partial charge in [-0.05, 0) is 54.3 Å². The molecule has 1 aliphatic rings. The lowest BCUT2D eigenvalue weighted by Gasteiger charge is -2.18. The Kier molecular flexibility index (Phi) is 4.24. The molecule has 1 unspecified atom stereocenters. The first-order valence-electron chi connectivity index (χ1n) is 6.84. The summed E-state index contributed by atoms with van der Waals surface area (Å²) in [7, 11) is 0. The van der Waals surface area contributed by atoms with Crippen LogP contribution in [0.4, 0.5) is 4.39 Å². The molecule has 3 nitrogen and oxygen atoms in total. The number of hydrogen-bond acceptors (Lipinski definition) is 3. The Morgan fingerprint density at radius 1 is 1.19 bits per heavy atom. The molecule has 0 saturated heterocycles. The zero-order valence-electron chi connectivity index (χ0n) is 11.4. The average Bonchev–Trinajstić information content (AvgIpc) is 3.23. The summed E-state index contributed by atoms with van der Waals surface area (Å²) >= 11 is 3.31. The van der Waals surface area contributed by atoms with Crippen molar-refractivity contribution in [3.05, 3.63) is 63.9 Å². The standard InChI is InChI=1S/C16H16BrFN2O/c17-12-6-11(7-13(18)9-12)16(20-19)10-2-1-3-15(8-10)21-14-4-5-14/h1-3,6-9,14,16,20H,4-5,19H2. The van der Waals surface area contributed by atoms with E-state index >= 15 is 0 Å². The second-order valence-electron chi connectivity index (χ2n) is 5.19. The van der Waals surface area contributed by atoms with Gasteiger partial charge >= 0.3 is 0 Å². The van der Waals surface area contributed by atoms with Crippen molar-refractivity contribution in [3.63, 3.8) is 0 Å². The second kappa shape index (κ2) is 6.13. The van der Waals surface area contributed by atoms with Gasteiger partial charge in [-0.15, -0.1) is 0 Å². The number of hydrogen-bond donors (Lipinski definition) is 2. The van der Waals surface area contributed by atoms with Crippen LogP contribution in [0.2, 0.25) is 0 Å². The van der Waals surface area contributed by atoms with Crippen LogP contribution in [0.25, 0.3) is 0 Å². The molecule has 0 bridgehead atoms. The zero-order valence-corrected chi connectivity index (χ0v) is 12.9. The van der Waals surface area contributed by atoms with E-state index in [1.54, 1.807) is 0 Å². The second-order valence-corrected chi connectivity index (χ2v) is 6.11. The van der Waals surface area contributed by atoms with E-state index in [1.165, 1.54) is 12.1 Å². The van der Waals surface area contributed by atoms with E-state index in [2.05, 4.69) is 21.4 Å². The van der Waals surface area contributed by atoms with Crippen molar-refractivity contribution in [1.29, 1.82) is 0 Å². The average molecular weight is 351 g/mol. The van der Waals surface area contributed by atoms with E-state index in [4.69, 9.17) is 10.6 Å². The van der Waals surface area contributed by atoms with E-state index in [0.29, 0.717) is 10.6 Å². The number of hydrazine groups is 1. The van der Waals surface area contributed by atoms with Gasteiger partial charge in [-0.1, -0.05) is 28.1 Å². The van der Waals surface area contributed by atoms with E-state index in [0.717, 1.165) is 29.7 Å². The van der Waals surface area contributed by atoms with Crippen molar-refractivity contribution in [1.82, 2.24) is 5.43 Å². The summed E-state index contributed by atoms with van der Waals surface area (Å²) in [4.78, 5) is 0. The molecule has 0 amide bonds. The number of nitrogens with two attached hydrogens (primary N) is 1. The number of benzene rings is 2. The number of ether oxygens (including phenoxy) is 1. The highest BCUT2D eigenvalue weighted by Crippen LogP contribution is 2.30. The molecule has 5 heteroatoms. The largest absolute Gasteiger partial charge is 0.490 e.